The largest absolute Gasteiger partial charge is 0.119 e. The number of rotatable bonds is 2. The molecule has 17 heavy (non-hydrogen) atoms. The summed E-state index contributed by atoms with van der Waals surface area (Å²) in [6.07, 6.45) is 5.51. The first-order chi connectivity index (χ1) is 8.24. The molecule has 1 atom stereocenters. The van der Waals surface area contributed by atoms with Crippen molar-refractivity contribution in [3.63, 3.8) is 0 Å². The molecule has 0 aliphatic rings. The van der Waals surface area contributed by atoms with Gasteiger partial charge in [-0.15, -0.1) is 6.42 Å². The average molecular weight is 220 g/mol. The number of hydrogen-bond acceptors (Lipinski definition) is 0. The van der Waals surface area contributed by atoms with Crippen LogP contribution in [0.15, 0.2) is 48.5 Å². The molecule has 1 unspecified atom stereocenters. The fraction of sp³-hybridized carbons (Fsp3) is 0.176. The van der Waals surface area contributed by atoms with E-state index in [1.165, 1.54) is 22.3 Å². The first kappa shape index (κ1) is 11.5. The van der Waals surface area contributed by atoms with E-state index in [1.807, 2.05) is 6.07 Å². The summed E-state index contributed by atoms with van der Waals surface area (Å²) in [5, 5.41) is 0. The summed E-state index contributed by atoms with van der Waals surface area (Å²) in [5.74, 6) is 2.97. The van der Waals surface area contributed by atoms with Crippen LogP contribution in [0, 0.1) is 19.3 Å². The predicted molar refractivity (Wildman–Crippen MR) is 73.9 cm³/mol. The normalized spacial score (nSPS) is 11.8. The Hall–Kier alpha value is -2.00. The molecule has 84 valence electrons. The summed E-state index contributed by atoms with van der Waals surface area (Å²) in [5.41, 5.74) is 5.04. The minimum atomic E-state index is 0.165. The van der Waals surface area contributed by atoms with Crippen molar-refractivity contribution in [2.75, 3.05) is 0 Å². The van der Waals surface area contributed by atoms with Crippen molar-refractivity contribution in [3.8, 4) is 23.5 Å². The van der Waals surface area contributed by atoms with E-state index < -0.39 is 0 Å². The van der Waals surface area contributed by atoms with E-state index in [2.05, 4.69) is 62.2 Å². The van der Waals surface area contributed by atoms with Crippen molar-refractivity contribution in [2.24, 2.45) is 0 Å². The van der Waals surface area contributed by atoms with Gasteiger partial charge in [-0.3, -0.25) is 0 Å². The van der Waals surface area contributed by atoms with Gasteiger partial charge in [0, 0.05) is 5.92 Å². The topological polar surface area (TPSA) is 0 Å². The van der Waals surface area contributed by atoms with Gasteiger partial charge in [0.15, 0.2) is 0 Å². The first-order valence-electron chi connectivity index (χ1n) is 5.85. The summed E-state index contributed by atoms with van der Waals surface area (Å²) in [7, 11) is 0. The molecule has 0 heterocycles. The lowest BCUT2D eigenvalue weighted by atomic mass is 9.91. The minimum Gasteiger partial charge on any atom is -0.119 e. The molecule has 2 aromatic carbocycles. The summed E-state index contributed by atoms with van der Waals surface area (Å²) in [4.78, 5) is 0. The Morgan fingerprint density at radius 1 is 1.00 bits per heavy atom. The monoisotopic (exact) mass is 220 g/mol. The zero-order valence-electron chi connectivity index (χ0n) is 10.3. The van der Waals surface area contributed by atoms with E-state index in [-0.39, 0.29) is 5.92 Å². The maximum absolute atomic E-state index is 5.51. The van der Waals surface area contributed by atoms with Gasteiger partial charge in [0.1, 0.15) is 0 Å². The second kappa shape index (κ2) is 4.89. The number of benzene rings is 2. The van der Waals surface area contributed by atoms with Crippen molar-refractivity contribution < 1.29 is 0 Å². The van der Waals surface area contributed by atoms with Gasteiger partial charge in [-0.2, -0.15) is 0 Å². The molecule has 0 amide bonds. The minimum absolute atomic E-state index is 0.165. The Labute approximate surface area is 103 Å². The van der Waals surface area contributed by atoms with E-state index >= 15 is 0 Å². The van der Waals surface area contributed by atoms with E-state index in [0.717, 1.165) is 0 Å². The second-order valence-electron chi connectivity index (χ2n) is 4.27. The Morgan fingerprint density at radius 2 is 1.71 bits per heavy atom. The van der Waals surface area contributed by atoms with Gasteiger partial charge in [-0.05, 0) is 36.1 Å². The Kier molecular flexibility index (Phi) is 3.30. The van der Waals surface area contributed by atoms with Crippen LogP contribution >= 0.6 is 0 Å². The predicted octanol–water partition coefficient (Wildman–Crippen LogP) is 4.40. The molecular weight excluding hydrogens is 204 g/mol. The van der Waals surface area contributed by atoms with Crippen molar-refractivity contribution >= 4 is 0 Å². The fourth-order valence-corrected chi connectivity index (χ4v) is 2.14. The zero-order valence-corrected chi connectivity index (χ0v) is 10.3. The number of terminal acetylenes is 1. The van der Waals surface area contributed by atoms with Crippen LogP contribution in [0.4, 0.5) is 0 Å². The molecule has 0 aliphatic carbocycles. The zero-order chi connectivity index (χ0) is 12.3. The van der Waals surface area contributed by atoms with Crippen molar-refractivity contribution in [2.45, 2.75) is 19.8 Å². The maximum Gasteiger partial charge on any atom is 0.0424 e. The second-order valence-corrected chi connectivity index (χ2v) is 4.27. The molecule has 0 radical (unpaired) electrons. The van der Waals surface area contributed by atoms with Crippen LogP contribution in [0.3, 0.4) is 0 Å². The van der Waals surface area contributed by atoms with E-state index in [1.54, 1.807) is 0 Å². The molecule has 2 aromatic rings. The highest BCUT2D eigenvalue weighted by molar-refractivity contribution is 5.68. The van der Waals surface area contributed by atoms with Gasteiger partial charge >= 0.3 is 0 Å². The average Bonchev–Trinajstić information content (AvgIpc) is 2.39. The van der Waals surface area contributed by atoms with Crippen LogP contribution in [0.1, 0.15) is 24.0 Å². The smallest absolute Gasteiger partial charge is 0.0424 e. The van der Waals surface area contributed by atoms with Crippen LogP contribution in [0.5, 0.6) is 0 Å². The maximum atomic E-state index is 5.51. The molecule has 0 aliphatic heterocycles. The van der Waals surface area contributed by atoms with Crippen LogP contribution in [-0.4, -0.2) is 0 Å². The van der Waals surface area contributed by atoms with Crippen molar-refractivity contribution in [3.05, 3.63) is 59.7 Å². The Balaban J connectivity index is 2.55. The molecule has 0 N–H and O–H groups in total. The summed E-state index contributed by atoms with van der Waals surface area (Å²) in [6.45, 7) is 4.21. The lowest BCUT2D eigenvalue weighted by Crippen LogP contribution is -1.95. The van der Waals surface area contributed by atoms with Crippen molar-refractivity contribution in [1.29, 1.82) is 0 Å². The standard InChI is InChI=1S/C17H16/c1-4-13(2)16-11-8-12-17(14(16)3)15-9-6-5-7-10-15/h1,5-13H,2-3H3. The molecular formula is C17H16. The van der Waals surface area contributed by atoms with Gasteiger partial charge in [-0.25, -0.2) is 0 Å². The third-order valence-electron chi connectivity index (χ3n) is 3.18. The molecule has 0 fully saturated rings. The number of hydrogen-bond donors (Lipinski definition) is 0. The molecule has 0 aromatic heterocycles. The summed E-state index contributed by atoms with van der Waals surface area (Å²) in [6, 6.07) is 16.8. The van der Waals surface area contributed by atoms with Crippen LogP contribution in [0.2, 0.25) is 0 Å². The lowest BCUT2D eigenvalue weighted by Gasteiger charge is -2.13. The third-order valence-corrected chi connectivity index (χ3v) is 3.18. The fourth-order valence-electron chi connectivity index (χ4n) is 2.14. The third kappa shape index (κ3) is 2.24. The van der Waals surface area contributed by atoms with Crippen LogP contribution in [0.25, 0.3) is 11.1 Å². The van der Waals surface area contributed by atoms with Crippen LogP contribution in [-0.2, 0) is 0 Å². The van der Waals surface area contributed by atoms with Crippen LogP contribution < -0.4 is 0 Å². The SMILES string of the molecule is C#CC(C)c1cccc(-c2ccccc2)c1C. The summed E-state index contributed by atoms with van der Waals surface area (Å²) >= 11 is 0. The molecule has 2 rings (SSSR count). The Bertz CT molecular complexity index is 544. The molecule has 0 nitrogen and oxygen atoms in total. The molecule has 0 spiro atoms. The van der Waals surface area contributed by atoms with Gasteiger partial charge in [0.05, 0.1) is 0 Å². The molecule has 0 saturated carbocycles. The van der Waals surface area contributed by atoms with E-state index in [4.69, 9.17) is 6.42 Å². The van der Waals surface area contributed by atoms with Gasteiger partial charge in [0.2, 0.25) is 0 Å². The molecule has 0 bridgehead atoms. The highest BCUT2D eigenvalue weighted by Gasteiger charge is 2.09. The van der Waals surface area contributed by atoms with Gasteiger partial charge in [-0.1, -0.05) is 54.5 Å². The molecule has 0 saturated heterocycles. The molecule has 0 heteroatoms. The lowest BCUT2D eigenvalue weighted by molar-refractivity contribution is 0.989. The Morgan fingerprint density at radius 3 is 2.35 bits per heavy atom. The van der Waals surface area contributed by atoms with Gasteiger partial charge in [0.25, 0.3) is 0 Å². The quantitative estimate of drug-likeness (QED) is 0.658. The first-order valence-corrected chi connectivity index (χ1v) is 5.85. The highest BCUT2D eigenvalue weighted by Crippen LogP contribution is 2.29. The van der Waals surface area contributed by atoms with E-state index in [9.17, 15) is 0 Å². The van der Waals surface area contributed by atoms with Crippen molar-refractivity contribution in [1.82, 2.24) is 0 Å². The van der Waals surface area contributed by atoms with E-state index in [0.29, 0.717) is 0 Å². The summed E-state index contributed by atoms with van der Waals surface area (Å²) < 4.78 is 0. The highest BCUT2D eigenvalue weighted by atomic mass is 14.1. The van der Waals surface area contributed by atoms with Gasteiger partial charge < -0.3 is 0 Å².